The number of rotatable bonds is 4. The highest BCUT2D eigenvalue weighted by atomic mass is 79.9. The highest BCUT2D eigenvalue weighted by Crippen LogP contribution is 2.25. The van der Waals surface area contributed by atoms with E-state index < -0.39 is 30.8 Å². The third-order valence-electron chi connectivity index (χ3n) is 1.90. The molecule has 0 aromatic heterocycles. The topological polar surface area (TPSA) is 80.3 Å². The first-order chi connectivity index (χ1) is 8.00. The predicted octanol–water partition coefficient (Wildman–Crippen LogP) is 1.64. The summed E-state index contributed by atoms with van der Waals surface area (Å²) in [5.74, 6) is -0.529. The Morgan fingerprint density at radius 2 is 1.83 bits per heavy atom. The molecule has 0 aliphatic carbocycles. The molecule has 0 spiro atoms. The van der Waals surface area contributed by atoms with Gasteiger partial charge in [0, 0.05) is 6.26 Å². The molecule has 18 heavy (non-hydrogen) atoms. The molecule has 5 nitrogen and oxygen atoms in total. The van der Waals surface area contributed by atoms with Gasteiger partial charge in [0.05, 0.1) is 10.2 Å². The second kappa shape index (κ2) is 5.14. The number of aryl methyl sites for hydroxylation is 1. The Labute approximate surface area is 113 Å². The fourth-order valence-corrected chi connectivity index (χ4v) is 4.62. The fourth-order valence-electron chi connectivity index (χ4n) is 1.24. The standard InChI is InChI=1S/C9H11BrFNO4S2/c1-6-3-8(11)7(10)4-9(6)12-18(15,16)5-17(2,13)14/h3-4,12H,5H2,1-2H3. The first-order valence-electron chi connectivity index (χ1n) is 4.64. The molecule has 0 aliphatic rings. The van der Waals surface area contributed by atoms with Crippen LogP contribution in [0.25, 0.3) is 0 Å². The molecule has 0 saturated carbocycles. The first kappa shape index (κ1) is 15.4. The number of sulfone groups is 1. The predicted molar refractivity (Wildman–Crippen MR) is 71.1 cm³/mol. The van der Waals surface area contributed by atoms with Crippen molar-refractivity contribution in [1.82, 2.24) is 0 Å². The smallest absolute Gasteiger partial charge is 0.247 e. The van der Waals surface area contributed by atoms with Gasteiger partial charge in [0.25, 0.3) is 0 Å². The number of anilines is 1. The molecule has 0 amide bonds. The van der Waals surface area contributed by atoms with Crippen LogP contribution in [-0.4, -0.2) is 28.2 Å². The first-order valence-corrected chi connectivity index (χ1v) is 9.14. The van der Waals surface area contributed by atoms with Crippen LogP contribution >= 0.6 is 15.9 Å². The summed E-state index contributed by atoms with van der Waals surface area (Å²) in [5, 5.41) is -1.02. The zero-order valence-corrected chi connectivity index (χ0v) is 12.8. The summed E-state index contributed by atoms with van der Waals surface area (Å²) < 4.78 is 60.4. The lowest BCUT2D eigenvalue weighted by Crippen LogP contribution is -2.22. The molecule has 9 heteroatoms. The average Bonchev–Trinajstić information content (AvgIpc) is 2.09. The van der Waals surface area contributed by atoms with Crippen LogP contribution in [0.5, 0.6) is 0 Å². The van der Waals surface area contributed by atoms with Crippen LogP contribution in [0.3, 0.4) is 0 Å². The largest absolute Gasteiger partial charge is 0.282 e. The molecule has 1 rings (SSSR count). The van der Waals surface area contributed by atoms with Crippen LogP contribution < -0.4 is 4.72 Å². The van der Waals surface area contributed by atoms with Crippen molar-refractivity contribution in [1.29, 1.82) is 0 Å². The van der Waals surface area contributed by atoms with Crippen LogP contribution in [0.2, 0.25) is 0 Å². The van der Waals surface area contributed by atoms with Crippen molar-refractivity contribution in [2.45, 2.75) is 6.92 Å². The lowest BCUT2D eigenvalue weighted by atomic mass is 10.2. The zero-order chi connectivity index (χ0) is 14.1. The molecule has 0 saturated heterocycles. The van der Waals surface area contributed by atoms with E-state index >= 15 is 0 Å². The van der Waals surface area contributed by atoms with E-state index in [4.69, 9.17) is 0 Å². The maximum atomic E-state index is 13.1. The van der Waals surface area contributed by atoms with Crippen LogP contribution in [0, 0.1) is 12.7 Å². The molecule has 0 radical (unpaired) electrons. The van der Waals surface area contributed by atoms with Crippen LogP contribution in [0.15, 0.2) is 16.6 Å². The monoisotopic (exact) mass is 359 g/mol. The third kappa shape index (κ3) is 4.54. The second-order valence-corrected chi connectivity index (χ2v) is 8.92. The summed E-state index contributed by atoms with van der Waals surface area (Å²) in [6.07, 6.45) is 0.819. The van der Waals surface area contributed by atoms with Crippen molar-refractivity contribution in [3.05, 3.63) is 28.0 Å². The van der Waals surface area contributed by atoms with Crippen molar-refractivity contribution in [2.24, 2.45) is 0 Å². The van der Waals surface area contributed by atoms with Gasteiger partial charge in [0.2, 0.25) is 10.0 Å². The molecule has 102 valence electrons. The molecule has 1 N–H and O–H groups in total. The van der Waals surface area contributed by atoms with Crippen LogP contribution in [0.4, 0.5) is 10.1 Å². The van der Waals surface area contributed by atoms with Gasteiger partial charge in [-0.3, -0.25) is 4.72 Å². The van der Waals surface area contributed by atoms with Gasteiger partial charge in [-0.05, 0) is 40.5 Å². The minimum atomic E-state index is -4.03. The van der Waals surface area contributed by atoms with E-state index in [9.17, 15) is 21.2 Å². The maximum Gasteiger partial charge on any atom is 0.247 e. The van der Waals surface area contributed by atoms with E-state index in [2.05, 4.69) is 20.7 Å². The van der Waals surface area contributed by atoms with Crippen molar-refractivity contribution in [2.75, 3.05) is 16.1 Å². The van der Waals surface area contributed by atoms with Gasteiger partial charge in [-0.2, -0.15) is 0 Å². The molecule has 0 bridgehead atoms. The Hall–Kier alpha value is -0.670. The molecular weight excluding hydrogens is 349 g/mol. The van der Waals surface area contributed by atoms with E-state index in [0.717, 1.165) is 12.3 Å². The Morgan fingerprint density at radius 1 is 1.28 bits per heavy atom. The summed E-state index contributed by atoms with van der Waals surface area (Å²) in [6, 6.07) is 2.38. The van der Waals surface area contributed by atoms with Crippen molar-refractivity contribution in [3.63, 3.8) is 0 Å². The van der Waals surface area contributed by atoms with E-state index in [1.165, 1.54) is 13.0 Å². The molecule has 1 aromatic carbocycles. The number of benzene rings is 1. The minimum absolute atomic E-state index is 0.0881. The number of nitrogens with one attached hydrogen (secondary N) is 1. The van der Waals surface area contributed by atoms with E-state index in [1.807, 2.05) is 0 Å². The number of sulfonamides is 1. The van der Waals surface area contributed by atoms with Crippen molar-refractivity contribution >= 4 is 41.5 Å². The number of hydrogen-bond donors (Lipinski definition) is 1. The molecule has 1 aromatic rings. The van der Waals surface area contributed by atoms with E-state index in [1.54, 1.807) is 0 Å². The molecule has 0 heterocycles. The van der Waals surface area contributed by atoms with Gasteiger partial charge in [-0.1, -0.05) is 0 Å². The second-order valence-electron chi connectivity index (χ2n) is 3.84. The molecule has 0 atom stereocenters. The molecule has 0 unspecified atom stereocenters. The van der Waals surface area contributed by atoms with Gasteiger partial charge in [-0.15, -0.1) is 0 Å². The Kier molecular flexibility index (Phi) is 4.39. The summed E-state index contributed by atoms with van der Waals surface area (Å²) in [7, 11) is -7.69. The summed E-state index contributed by atoms with van der Waals surface area (Å²) in [4.78, 5) is 0. The van der Waals surface area contributed by atoms with Crippen molar-refractivity contribution < 1.29 is 21.2 Å². The maximum absolute atomic E-state index is 13.1. The third-order valence-corrected chi connectivity index (χ3v) is 5.99. The summed E-state index contributed by atoms with van der Waals surface area (Å²) >= 11 is 2.92. The molecule has 0 aliphatic heterocycles. The molecular formula is C9H11BrFNO4S2. The fraction of sp³-hybridized carbons (Fsp3) is 0.333. The zero-order valence-electron chi connectivity index (χ0n) is 9.57. The quantitative estimate of drug-likeness (QED) is 0.885. The lowest BCUT2D eigenvalue weighted by molar-refractivity contribution is 0.594. The van der Waals surface area contributed by atoms with Crippen LogP contribution in [0.1, 0.15) is 5.56 Å². The summed E-state index contributed by atoms with van der Waals surface area (Å²) in [5.41, 5.74) is 0.486. The van der Waals surface area contributed by atoms with Gasteiger partial charge in [-0.25, -0.2) is 21.2 Å². The van der Waals surface area contributed by atoms with Crippen LogP contribution in [-0.2, 0) is 19.9 Å². The lowest BCUT2D eigenvalue weighted by Gasteiger charge is -2.10. The van der Waals surface area contributed by atoms with Gasteiger partial charge < -0.3 is 0 Å². The minimum Gasteiger partial charge on any atom is -0.282 e. The Bertz CT molecular complexity index is 670. The highest BCUT2D eigenvalue weighted by molar-refractivity contribution is 9.10. The highest BCUT2D eigenvalue weighted by Gasteiger charge is 2.19. The normalized spacial score (nSPS) is 12.4. The average molecular weight is 360 g/mol. The van der Waals surface area contributed by atoms with Gasteiger partial charge >= 0.3 is 0 Å². The van der Waals surface area contributed by atoms with Gasteiger partial charge in [0.15, 0.2) is 14.9 Å². The number of halogens is 2. The Balaban J connectivity index is 3.09. The molecule has 0 fully saturated rings. The van der Waals surface area contributed by atoms with E-state index in [-0.39, 0.29) is 10.2 Å². The van der Waals surface area contributed by atoms with Gasteiger partial charge in [0.1, 0.15) is 5.82 Å². The van der Waals surface area contributed by atoms with E-state index in [0.29, 0.717) is 5.56 Å². The Morgan fingerprint density at radius 3 is 2.33 bits per heavy atom. The SMILES string of the molecule is Cc1cc(F)c(Br)cc1NS(=O)(=O)CS(C)(=O)=O. The summed E-state index contributed by atoms with van der Waals surface area (Å²) in [6.45, 7) is 1.51. The van der Waals surface area contributed by atoms with Crippen molar-refractivity contribution in [3.8, 4) is 0 Å². The number of hydrogen-bond acceptors (Lipinski definition) is 4.